The van der Waals surface area contributed by atoms with E-state index in [0.717, 1.165) is 38.7 Å². The van der Waals surface area contributed by atoms with Crippen molar-refractivity contribution >= 4 is 0 Å². The van der Waals surface area contributed by atoms with Crippen molar-refractivity contribution in [2.45, 2.75) is 26.4 Å². The maximum Gasteiger partial charge on any atom is 0.0824 e. The molecule has 2 fully saturated rings. The van der Waals surface area contributed by atoms with Crippen LogP contribution >= 0.6 is 0 Å². The molecule has 0 bridgehead atoms. The molecule has 1 heterocycles. The van der Waals surface area contributed by atoms with Crippen LogP contribution in [0.1, 0.15) is 20.3 Å². The fourth-order valence-electron chi connectivity index (χ4n) is 2.09. The quantitative estimate of drug-likeness (QED) is 0.694. The predicted molar refractivity (Wildman–Crippen MR) is 57.4 cm³/mol. The molecular weight excluding hydrogens is 176 g/mol. The van der Waals surface area contributed by atoms with E-state index in [0.29, 0.717) is 11.5 Å². The fraction of sp³-hybridized carbons (Fsp3) is 1.00. The van der Waals surface area contributed by atoms with E-state index in [9.17, 15) is 0 Å². The zero-order chi connectivity index (χ0) is 10.0. The Morgan fingerprint density at radius 1 is 1.43 bits per heavy atom. The normalized spacial score (nSPS) is 35.6. The molecule has 2 N–H and O–H groups in total. The molecule has 0 aromatic rings. The lowest BCUT2D eigenvalue weighted by molar-refractivity contribution is 0.0291. The zero-order valence-electron chi connectivity index (χ0n) is 9.31. The summed E-state index contributed by atoms with van der Waals surface area (Å²) in [7, 11) is 0. The third kappa shape index (κ3) is 2.69. The first-order chi connectivity index (χ1) is 6.68. The Labute approximate surface area is 86.6 Å². The molecule has 0 aromatic carbocycles. The molecule has 2 unspecified atom stereocenters. The number of ether oxygens (including phenoxy) is 1. The molecule has 2 aliphatic rings. The van der Waals surface area contributed by atoms with Gasteiger partial charge in [-0.25, -0.2) is 0 Å². The first-order valence-corrected chi connectivity index (χ1v) is 5.71. The number of rotatable bonds is 4. The van der Waals surface area contributed by atoms with Crippen LogP contribution < -0.4 is 10.6 Å². The molecule has 0 aromatic heterocycles. The smallest absolute Gasteiger partial charge is 0.0824 e. The Bertz CT molecular complexity index is 188. The van der Waals surface area contributed by atoms with Crippen molar-refractivity contribution in [3.8, 4) is 0 Å². The van der Waals surface area contributed by atoms with Crippen LogP contribution in [0.4, 0.5) is 0 Å². The highest BCUT2D eigenvalue weighted by atomic mass is 16.5. The first kappa shape index (κ1) is 10.4. The van der Waals surface area contributed by atoms with Gasteiger partial charge >= 0.3 is 0 Å². The Hall–Kier alpha value is -0.120. The van der Waals surface area contributed by atoms with Crippen molar-refractivity contribution in [3.05, 3.63) is 0 Å². The van der Waals surface area contributed by atoms with Crippen LogP contribution in [0.3, 0.4) is 0 Å². The van der Waals surface area contributed by atoms with Gasteiger partial charge in [-0.3, -0.25) is 0 Å². The summed E-state index contributed by atoms with van der Waals surface area (Å²) in [6, 6.07) is 0. The number of morpholine rings is 1. The molecule has 0 spiro atoms. The van der Waals surface area contributed by atoms with Gasteiger partial charge in [0.1, 0.15) is 0 Å². The topological polar surface area (TPSA) is 33.3 Å². The van der Waals surface area contributed by atoms with Crippen LogP contribution in [0.5, 0.6) is 0 Å². The third-order valence-electron chi connectivity index (χ3n) is 3.48. The van der Waals surface area contributed by atoms with Gasteiger partial charge in [0.25, 0.3) is 0 Å². The van der Waals surface area contributed by atoms with Crippen LogP contribution in [0.15, 0.2) is 0 Å². The largest absolute Gasteiger partial charge is 0.374 e. The Morgan fingerprint density at radius 2 is 2.21 bits per heavy atom. The van der Waals surface area contributed by atoms with Crippen LogP contribution in [0.2, 0.25) is 0 Å². The SMILES string of the molecule is CC1(C)CC1CNCC1CNCCO1. The molecule has 1 aliphatic heterocycles. The van der Waals surface area contributed by atoms with E-state index in [1.54, 1.807) is 0 Å². The minimum Gasteiger partial charge on any atom is -0.374 e. The predicted octanol–water partition coefficient (Wildman–Crippen LogP) is 0.611. The molecule has 82 valence electrons. The van der Waals surface area contributed by atoms with Gasteiger partial charge in [0.05, 0.1) is 12.7 Å². The Morgan fingerprint density at radius 3 is 2.79 bits per heavy atom. The Balaban J connectivity index is 1.54. The maximum atomic E-state index is 5.61. The van der Waals surface area contributed by atoms with Gasteiger partial charge in [0.2, 0.25) is 0 Å². The van der Waals surface area contributed by atoms with Crippen molar-refractivity contribution in [2.24, 2.45) is 11.3 Å². The average molecular weight is 198 g/mol. The van der Waals surface area contributed by atoms with Gasteiger partial charge in [0.15, 0.2) is 0 Å². The monoisotopic (exact) mass is 198 g/mol. The lowest BCUT2D eigenvalue weighted by Gasteiger charge is -2.23. The lowest BCUT2D eigenvalue weighted by Crippen LogP contribution is -2.44. The summed E-state index contributed by atoms with van der Waals surface area (Å²) in [4.78, 5) is 0. The summed E-state index contributed by atoms with van der Waals surface area (Å²) in [6.45, 7) is 9.72. The lowest BCUT2D eigenvalue weighted by atomic mass is 10.1. The van der Waals surface area contributed by atoms with E-state index in [4.69, 9.17) is 4.74 Å². The van der Waals surface area contributed by atoms with Crippen molar-refractivity contribution in [1.82, 2.24) is 10.6 Å². The molecule has 14 heavy (non-hydrogen) atoms. The number of hydrogen-bond donors (Lipinski definition) is 2. The average Bonchev–Trinajstić information content (AvgIpc) is 2.76. The molecule has 2 atom stereocenters. The molecule has 3 nitrogen and oxygen atoms in total. The van der Waals surface area contributed by atoms with Crippen LogP contribution in [0, 0.1) is 11.3 Å². The van der Waals surface area contributed by atoms with E-state index < -0.39 is 0 Å². The molecule has 0 amide bonds. The summed E-state index contributed by atoms with van der Waals surface area (Å²) in [5.41, 5.74) is 0.596. The van der Waals surface area contributed by atoms with Gasteiger partial charge in [-0.05, 0) is 24.3 Å². The standard InChI is InChI=1S/C11H22N2O/c1-11(2)5-9(11)6-13-8-10-7-12-3-4-14-10/h9-10,12-13H,3-8H2,1-2H3. The Kier molecular flexibility index (Phi) is 3.10. The van der Waals surface area contributed by atoms with E-state index in [-0.39, 0.29) is 0 Å². The van der Waals surface area contributed by atoms with E-state index in [1.165, 1.54) is 6.42 Å². The summed E-state index contributed by atoms with van der Waals surface area (Å²) in [6.07, 6.45) is 1.76. The van der Waals surface area contributed by atoms with Gasteiger partial charge in [-0.1, -0.05) is 13.8 Å². The van der Waals surface area contributed by atoms with Crippen molar-refractivity contribution in [2.75, 3.05) is 32.8 Å². The molecule has 0 radical (unpaired) electrons. The minimum atomic E-state index is 0.380. The maximum absolute atomic E-state index is 5.61. The summed E-state index contributed by atoms with van der Waals surface area (Å²) in [5.74, 6) is 0.888. The highest BCUT2D eigenvalue weighted by Gasteiger charge is 2.44. The second-order valence-electron chi connectivity index (χ2n) is 5.24. The first-order valence-electron chi connectivity index (χ1n) is 5.71. The highest BCUT2D eigenvalue weighted by Crippen LogP contribution is 2.50. The highest BCUT2D eigenvalue weighted by molar-refractivity contribution is 4.96. The minimum absolute atomic E-state index is 0.380. The summed E-state index contributed by atoms with van der Waals surface area (Å²) < 4.78 is 5.61. The van der Waals surface area contributed by atoms with E-state index in [2.05, 4.69) is 24.5 Å². The summed E-state index contributed by atoms with van der Waals surface area (Å²) in [5, 5.41) is 6.85. The second-order valence-corrected chi connectivity index (χ2v) is 5.24. The van der Waals surface area contributed by atoms with Crippen molar-refractivity contribution in [3.63, 3.8) is 0 Å². The summed E-state index contributed by atoms with van der Waals surface area (Å²) >= 11 is 0. The van der Waals surface area contributed by atoms with Gasteiger partial charge < -0.3 is 15.4 Å². The van der Waals surface area contributed by atoms with Crippen LogP contribution in [-0.2, 0) is 4.74 Å². The van der Waals surface area contributed by atoms with Crippen molar-refractivity contribution in [1.29, 1.82) is 0 Å². The second kappa shape index (κ2) is 4.17. The van der Waals surface area contributed by atoms with E-state index >= 15 is 0 Å². The van der Waals surface area contributed by atoms with Crippen LogP contribution in [0.25, 0.3) is 0 Å². The molecular formula is C11H22N2O. The molecule has 3 heteroatoms. The number of nitrogens with one attached hydrogen (secondary N) is 2. The number of hydrogen-bond acceptors (Lipinski definition) is 3. The third-order valence-corrected chi connectivity index (χ3v) is 3.48. The zero-order valence-corrected chi connectivity index (χ0v) is 9.31. The molecule has 1 aliphatic carbocycles. The molecule has 1 saturated heterocycles. The molecule has 2 rings (SSSR count). The van der Waals surface area contributed by atoms with E-state index in [1.807, 2.05) is 0 Å². The van der Waals surface area contributed by atoms with Gasteiger partial charge in [0, 0.05) is 19.6 Å². The van der Waals surface area contributed by atoms with Gasteiger partial charge in [-0.2, -0.15) is 0 Å². The molecule has 1 saturated carbocycles. The fourth-order valence-corrected chi connectivity index (χ4v) is 2.09. The van der Waals surface area contributed by atoms with Gasteiger partial charge in [-0.15, -0.1) is 0 Å². The van der Waals surface area contributed by atoms with Crippen molar-refractivity contribution < 1.29 is 4.74 Å². The van der Waals surface area contributed by atoms with Crippen LogP contribution in [-0.4, -0.2) is 38.9 Å².